The third-order valence-corrected chi connectivity index (χ3v) is 7.81. The minimum Gasteiger partial charge on any atom is -0.504 e. The number of aromatic hydroxyl groups is 2. The summed E-state index contributed by atoms with van der Waals surface area (Å²) < 4.78 is 0. The molecule has 0 aliphatic heterocycles. The van der Waals surface area contributed by atoms with Crippen molar-refractivity contribution in [2.45, 2.75) is 62.8 Å². The molecule has 1 unspecified atom stereocenters. The highest BCUT2D eigenvalue weighted by Gasteiger charge is 2.26. The zero-order valence-corrected chi connectivity index (χ0v) is 22.8. The molecule has 0 radical (unpaired) electrons. The van der Waals surface area contributed by atoms with E-state index >= 15 is 0 Å². The summed E-state index contributed by atoms with van der Waals surface area (Å²) in [4.78, 5) is 0.934. The standard InChI is InChI=1S/C24H32Cl2N2O2S.2ClH/c1-2-3-4-5-14-28(27-13-15-31-24-20(25)7-6-8-21(24)26)18-10-11-19-17(16-18)9-12-22(29)23(19)30;;/h6-9,12,18,27,29-30H,2-5,10-11,13-16H2,1H3;2*1H. The number of hydrogen-bond acceptors (Lipinski definition) is 5. The maximum atomic E-state index is 10.2. The van der Waals surface area contributed by atoms with Gasteiger partial charge in [0.25, 0.3) is 0 Å². The first-order chi connectivity index (χ1) is 15.0. The third kappa shape index (κ3) is 8.57. The number of halogens is 4. The molecule has 0 saturated heterocycles. The monoisotopic (exact) mass is 554 g/mol. The lowest BCUT2D eigenvalue weighted by atomic mass is 9.87. The van der Waals surface area contributed by atoms with Crippen molar-refractivity contribution >= 4 is 59.8 Å². The fraction of sp³-hybridized carbons (Fsp3) is 0.500. The number of unbranched alkanes of at least 4 members (excludes halogenated alkanes) is 3. The van der Waals surface area contributed by atoms with Gasteiger partial charge < -0.3 is 10.2 Å². The van der Waals surface area contributed by atoms with Gasteiger partial charge in [0.2, 0.25) is 0 Å². The number of hydrazine groups is 1. The highest BCUT2D eigenvalue weighted by atomic mass is 35.5. The molecule has 0 spiro atoms. The van der Waals surface area contributed by atoms with Crippen LogP contribution < -0.4 is 5.43 Å². The number of rotatable bonds is 11. The van der Waals surface area contributed by atoms with E-state index in [4.69, 9.17) is 23.2 Å². The average Bonchev–Trinajstić information content (AvgIpc) is 2.76. The van der Waals surface area contributed by atoms with Crippen molar-refractivity contribution in [3.05, 3.63) is 51.5 Å². The molecule has 0 bridgehead atoms. The number of nitrogens with zero attached hydrogens (tertiary/aromatic N) is 1. The van der Waals surface area contributed by atoms with E-state index in [1.807, 2.05) is 24.3 Å². The molecule has 0 aromatic heterocycles. The summed E-state index contributed by atoms with van der Waals surface area (Å²) in [7, 11) is 0. The molecule has 2 aromatic carbocycles. The van der Waals surface area contributed by atoms with Crippen molar-refractivity contribution in [1.29, 1.82) is 0 Å². The van der Waals surface area contributed by atoms with E-state index in [0.29, 0.717) is 16.1 Å². The highest BCUT2D eigenvalue weighted by Crippen LogP contribution is 2.37. The van der Waals surface area contributed by atoms with E-state index in [0.717, 1.165) is 60.5 Å². The SMILES string of the molecule is CCCCCCN(NCCSc1c(Cl)cccc1Cl)C1CCc2c(ccc(O)c2O)C1.Cl.Cl. The van der Waals surface area contributed by atoms with E-state index in [2.05, 4.69) is 17.4 Å². The molecule has 33 heavy (non-hydrogen) atoms. The summed E-state index contributed by atoms with van der Waals surface area (Å²) in [5.41, 5.74) is 5.67. The lowest BCUT2D eigenvalue weighted by molar-refractivity contribution is 0.112. The number of benzene rings is 2. The second-order valence-corrected chi connectivity index (χ2v) is 9.95. The summed E-state index contributed by atoms with van der Waals surface area (Å²) in [5.74, 6) is 0.890. The topological polar surface area (TPSA) is 55.7 Å². The quantitative estimate of drug-likeness (QED) is 0.118. The Labute approximate surface area is 224 Å². The molecule has 3 rings (SSSR count). The number of thioether (sulfide) groups is 1. The second-order valence-electron chi connectivity index (χ2n) is 8.03. The molecule has 1 atom stereocenters. The Bertz CT molecular complexity index is 852. The molecule has 1 aliphatic carbocycles. The average molecular weight is 556 g/mol. The van der Waals surface area contributed by atoms with Crippen LogP contribution >= 0.6 is 59.8 Å². The van der Waals surface area contributed by atoms with Gasteiger partial charge in [0, 0.05) is 35.3 Å². The normalized spacial score (nSPS) is 15.0. The molecule has 3 N–H and O–H groups in total. The number of nitrogens with one attached hydrogen (secondary N) is 1. The van der Waals surface area contributed by atoms with E-state index in [9.17, 15) is 10.2 Å². The Kier molecular flexibility index (Phi) is 14.3. The van der Waals surface area contributed by atoms with Crippen LogP contribution in [0.5, 0.6) is 11.5 Å². The highest BCUT2D eigenvalue weighted by molar-refractivity contribution is 7.99. The van der Waals surface area contributed by atoms with Crippen LogP contribution in [0, 0.1) is 0 Å². The lowest BCUT2D eigenvalue weighted by Gasteiger charge is -2.36. The van der Waals surface area contributed by atoms with Crippen LogP contribution in [0.25, 0.3) is 0 Å². The van der Waals surface area contributed by atoms with Gasteiger partial charge in [0.15, 0.2) is 11.5 Å². The molecule has 4 nitrogen and oxygen atoms in total. The van der Waals surface area contributed by atoms with Gasteiger partial charge in [-0.1, -0.05) is 61.5 Å². The predicted octanol–water partition coefficient (Wildman–Crippen LogP) is 7.28. The molecule has 0 fully saturated rings. The minimum atomic E-state index is -0.0259. The van der Waals surface area contributed by atoms with Crippen LogP contribution in [0.4, 0.5) is 0 Å². The Balaban J connectivity index is 0.00000272. The molecule has 0 heterocycles. The Morgan fingerprint density at radius 3 is 2.48 bits per heavy atom. The summed E-state index contributed by atoms with van der Waals surface area (Å²) >= 11 is 14.2. The summed E-state index contributed by atoms with van der Waals surface area (Å²) in [6.45, 7) is 4.05. The van der Waals surface area contributed by atoms with Crippen LogP contribution in [0.3, 0.4) is 0 Å². The zero-order chi connectivity index (χ0) is 22.2. The largest absolute Gasteiger partial charge is 0.504 e. The summed E-state index contributed by atoms with van der Waals surface area (Å²) in [6, 6.07) is 9.52. The van der Waals surface area contributed by atoms with Crippen LogP contribution in [0.15, 0.2) is 35.2 Å². The second kappa shape index (κ2) is 15.5. The van der Waals surface area contributed by atoms with Gasteiger partial charge in [-0.2, -0.15) is 0 Å². The number of phenols is 2. The first-order valence-electron chi connectivity index (χ1n) is 11.1. The van der Waals surface area contributed by atoms with E-state index < -0.39 is 0 Å². The van der Waals surface area contributed by atoms with Crippen molar-refractivity contribution in [2.24, 2.45) is 0 Å². The minimum absolute atomic E-state index is 0. The fourth-order valence-corrected chi connectivity index (χ4v) is 5.67. The fourth-order valence-electron chi connectivity index (χ4n) is 4.13. The summed E-state index contributed by atoms with van der Waals surface area (Å²) in [6.07, 6.45) is 7.47. The number of fused-ring (bicyclic) bond motifs is 1. The van der Waals surface area contributed by atoms with Gasteiger partial charge in [-0.25, -0.2) is 5.01 Å². The first-order valence-corrected chi connectivity index (χ1v) is 12.8. The van der Waals surface area contributed by atoms with Crippen molar-refractivity contribution in [3.8, 4) is 11.5 Å². The Hall–Kier alpha value is -0.530. The van der Waals surface area contributed by atoms with Crippen molar-refractivity contribution in [3.63, 3.8) is 0 Å². The maximum absolute atomic E-state index is 10.2. The predicted molar refractivity (Wildman–Crippen MR) is 146 cm³/mol. The van der Waals surface area contributed by atoms with Gasteiger partial charge in [-0.05, 0) is 49.4 Å². The van der Waals surface area contributed by atoms with Gasteiger partial charge in [-0.3, -0.25) is 5.43 Å². The third-order valence-electron chi connectivity index (χ3n) is 5.82. The zero-order valence-electron chi connectivity index (χ0n) is 18.9. The number of hydrogen-bond donors (Lipinski definition) is 3. The molecular weight excluding hydrogens is 522 g/mol. The molecular formula is C24H34Cl4N2O2S. The Morgan fingerprint density at radius 1 is 1.06 bits per heavy atom. The molecule has 9 heteroatoms. The molecule has 186 valence electrons. The summed E-state index contributed by atoms with van der Waals surface area (Å²) in [5, 5.41) is 23.8. The van der Waals surface area contributed by atoms with Crippen molar-refractivity contribution in [1.82, 2.24) is 10.4 Å². The van der Waals surface area contributed by atoms with Gasteiger partial charge >= 0.3 is 0 Å². The molecule has 0 amide bonds. The smallest absolute Gasteiger partial charge is 0.160 e. The van der Waals surface area contributed by atoms with Crippen LogP contribution in [-0.4, -0.2) is 40.1 Å². The first kappa shape index (κ1) is 30.5. The van der Waals surface area contributed by atoms with Gasteiger partial charge in [0.1, 0.15) is 0 Å². The Morgan fingerprint density at radius 2 is 1.79 bits per heavy atom. The van der Waals surface area contributed by atoms with E-state index in [-0.39, 0.29) is 36.3 Å². The maximum Gasteiger partial charge on any atom is 0.160 e. The van der Waals surface area contributed by atoms with Crippen molar-refractivity contribution < 1.29 is 10.2 Å². The molecule has 2 aromatic rings. The van der Waals surface area contributed by atoms with Gasteiger partial charge in [-0.15, -0.1) is 36.6 Å². The van der Waals surface area contributed by atoms with E-state index in [1.54, 1.807) is 17.8 Å². The lowest BCUT2D eigenvalue weighted by Crippen LogP contribution is -2.49. The molecule has 0 saturated carbocycles. The van der Waals surface area contributed by atoms with Gasteiger partial charge in [0.05, 0.1) is 10.0 Å². The van der Waals surface area contributed by atoms with Crippen LogP contribution in [-0.2, 0) is 12.8 Å². The molecule has 1 aliphatic rings. The van der Waals surface area contributed by atoms with E-state index in [1.165, 1.54) is 19.3 Å². The number of phenolic OH excluding ortho intramolecular Hbond substituents is 2. The van der Waals surface area contributed by atoms with Crippen LogP contribution in [0.2, 0.25) is 10.0 Å². The van der Waals surface area contributed by atoms with Crippen molar-refractivity contribution in [2.75, 3.05) is 18.8 Å². The van der Waals surface area contributed by atoms with Crippen LogP contribution in [0.1, 0.15) is 50.2 Å².